The Kier molecular flexibility index (Phi) is 10.9. The van der Waals surface area contributed by atoms with Crippen LogP contribution in [0, 0.1) is 5.92 Å². The summed E-state index contributed by atoms with van der Waals surface area (Å²) in [5.41, 5.74) is 0.251. The molecule has 11 nitrogen and oxygen atoms in total. The number of fused-ring (bicyclic) bond motifs is 1. The van der Waals surface area contributed by atoms with Crippen molar-refractivity contribution < 1.29 is 28.7 Å². The van der Waals surface area contributed by atoms with E-state index in [9.17, 15) is 24.0 Å². The molecule has 0 bridgehead atoms. The van der Waals surface area contributed by atoms with Crippen molar-refractivity contribution in [1.82, 2.24) is 26.2 Å². The first-order valence-electron chi connectivity index (χ1n) is 13.4. The van der Waals surface area contributed by atoms with Crippen molar-refractivity contribution in [2.75, 3.05) is 32.8 Å². The largest absolute Gasteiger partial charge is 0.491 e. The summed E-state index contributed by atoms with van der Waals surface area (Å²) in [5.74, 6) is -0.975. The van der Waals surface area contributed by atoms with Gasteiger partial charge in [-0.3, -0.25) is 24.0 Å². The minimum absolute atomic E-state index is 0.0487. The smallest absolute Gasteiger partial charge is 0.255 e. The van der Waals surface area contributed by atoms with Crippen LogP contribution in [-0.2, 0) is 19.2 Å². The fourth-order valence-electron chi connectivity index (χ4n) is 4.53. The van der Waals surface area contributed by atoms with Gasteiger partial charge in [0, 0.05) is 32.5 Å². The van der Waals surface area contributed by atoms with E-state index in [4.69, 9.17) is 4.74 Å². The van der Waals surface area contributed by atoms with Crippen molar-refractivity contribution in [3.8, 4) is 5.75 Å². The predicted molar refractivity (Wildman–Crippen MR) is 140 cm³/mol. The summed E-state index contributed by atoms with van der Waals surface area (Å²) >= 11 is 0. The molecule has 11 heteroatoms. The van der Waals surface area contributed by atoms with Crippen LogP contribution >= 0.6 is 0 Å². The molecule has 0 radical (unpaired) electrons. The average Bonchev–Trinajstić information content (AvgIpc) is 3.29. The van der Waals surface area contributed by atoms with Crippen molar-refractivity contribution in [3.05, 3.63) is 29.8 Å². The Morgan fingerprint density at radius 2 is 1.92 bits per heavy atom. The standard InChI is InChI=1S/C27H39N5O6/c1-18(2)17-21-27(37)29-13-16-38-22-8-4-3-7-19(22)25(35)31-20(10-11-23(33)30-21)26(36)28-12-6-15-32-14-5-9-24(32)34/h3-4,7-8,18,20-21H,5-6,9-17H2,1-2H3,(H,28,36)(H,29,37)(H,30,33)(H,31,35)/t20-,21+/m0/s1. The number of para-hydroxylation sites is 1. The van der Waals surface area contributed by atoms with E-state index in [1.165, 1.54) is 0 Å². The van der Waals surface area contributed by atoms with Crippen molar-refractivity contribution in [1.29, 1.82) is 0 Å². The second-order valence-corrected chi connectivity index (χ2v) is 10.1. The molecule has 0 aliphatic carbocycles. The number of hydrogen-bond donors (Lipinski definition) is 4. The number of likely N-dealkylation sites (tertiary alicyclic amines) is 1. The highest BCUT2D eigenvalue weighted by Gasteiger charge is 2.27. The van der Waals surface area contributed by atoms with Gasteiger partial charge in [0.1, 0.15) is 24.4 Å². The van der Waals surface area contributed by atoms with Gasteiger partial charge in [-0.2, -0.15) is 0 Å². The minimum atomic E-state index is -0.975. The second-order valence-electron chi connectivity index (χ2n) is 10.1. The summed E-state index contributed by atoms with van der Waals surface area (Å²) in [4.78, 5) is 65.2. The summed E-state index contributed by atoms with van der Waals surface area (Å²) in [6.07, 6.45) is 2.45. The molecule has 2 aliphatic heterocycles. The lowest BCUT2D eigenvalue weighted by Gasteiger charge is -2.21. The maximum atomic E-state index is 13.1. The highest BCUT2D eigenvalue weighted by Crippen LogP contribution is 2.18. The quantitative estimate of drug-likeness (QED) is 0.383. The van der Waals surface area contributed by atoms with Crippen molar-refractivity contribution in [2.45, 2.75) is 64.5 Å². The lowest BCUT2D eigenvalue weighted by molar-refractivity contribution is -0.130. The van der Waals surface area contributed by atoms with Gasteiger partial charge in [0.15, 0.2) is 0 Å². The van der Waals surface area contributed by atoms with Crippen LogP contribution in [0.2, 0.25) is 0 Å². The molecule has 4 N–H and O–H groups in total. The maximum absolute atomic E-state index is 13.1. The van der Waals surface area contributed by atoms with Gasteiger partial charge in [0.25, 0.3) is 5.91 Å². The molecule has 1 saturated heterocycles. The molecule has 2 heterocycles. The molecule has 38 heavy (non-hydrogen) atoms. The van der Waals surface area contributed by atoms with E-state index >= 15 is 0 Å². The van der Waals surface area contributed by atoms with E-state index < -0.39 is 23.9 Å². The lowest BCUT2D eigenvalue weighted by atomic mass is 10.0. The predicted octanol–water partition coefficient (Wildman–Crippen LogP) is 0.733. The first-order chi connectivity index (χ1) is 18.2. The van der Waals surface area contributed by atoms with Gasteiger partial charge in [-0.15, -0.1) is 0 Å². The van der Waals surface area contributed by atoms with Gasteiger partial charge in [0.05, 0.1) is 12.1 Å². The van der Waals surface area contributed by atoms with Gasteiger partial charge in [-0.1, -0.05) is 26.0 Å². The first-order valence-corrected chi connectivity index (χ1v) is 13.4. The van der Waals surface area contributed by atoms with Crippen LogP contribution in [0.5, 0.6) is 5.75 Å². The molecule has 0 aromatic heterocycles. The summed E-state index contributed by atoms with van der Waals surface area (Å²) in [6, 6.07) is 4.98. The summed E-state index contributed by atoms with van der Waals surface area (Å²) in [5, 5.41) is 11.1. The molecule has 1 aromatic carbocycles. The maximum Gasteiger partial charge on any atom is 0.255 e. The zero-order valence-corrected chi connectivity index (χ0v) is 22.2. The Bertz CT molecular complexity index is 1010. The zero-order chi connectivity index (χ0) is 27.5. The molecule has 1 aromatic rings. The SMILES string of the molecule is CC(C)C[C@H]1NC(=O)CC[C@@H](C(=O)NCCCN2CCCC2=O)NC(=O)c2ccccc2OCCNC1=O. The molecule has 2 atom stereocenters. The van der Waals surface area contributed by atoms with Crippen LogP contribution in [0.1, 0.15) is 62.7 Å². The molecule has 0 unspecified atom stereocenters. The minimum Gasteiger partial charge on any atom is -0.491 e. The number of rotatable bonds is 7. The first kappa shape index (κ1) is 28.9. The van der Waals surface area contributed by atoms with Crippen LogP contribution in [0.4, 0.5) is 0 Å². The molecule has 1 fully saturated rings. The number of amides is 5. The second kappa shape index (κ2) is 14.3. The molecular formula is C27H39N5O6. The van der Waals surface area contributed by atoms with E-state index in [0.717, 1.165) is 13.0 Å². The van der Waals surface area contributed by atoms with Crippen LogP contribution in [-0.4, -0.2) is 79.3 Å². The fourth-order valence-corrected chi connectivity index (χ4v) is 4.53. The third-order valence-electron chi connectivity index (χ3n) is 6.51. The van der Waals surface area contributed by atoms with E-state index in [1.807, 2.05) is 13.8 Å². The van der Waals surface area contributed by atoms with Gasteiger partial charge in [-0.05, 0) is 43.7 Å². The molecule has 208 valence electrons. The molecule has 0 saturated carbocycles. The molecule has 3 rings (SSSR count). The van der Waals surface area contributed by atoms with Gasteiger partial charge < -0.3 is 30.9 Å². The average molecular weight is 530 g/mol. The molecular weight excluding hydrogens is 490 g/mol. The Hall–Kier alpha value is -3.63. The zero-order valence-electron chi connectivity index (χ0n) is 22.2. The number of hydrogen-bond acceptors (Lipinski definition) is 6. The molecule has 5 amide bonds. The number of carbonyl (C=O) groups excluding carboxylic acids is 5. The number of nitrogens with zero attached hydrogens (tertiary/aromatic N) is 1. The third kappa shape index (κ3) is 8.74. The van der Waals surface area contributed by atoms with Crippen LogP contribution < -0.4 is 26.0 Å². The Morgan fingerprint density at radius 1 is 1.13 bits per heavy atom. The monoisotopic (exact) mass is 529 g/mol. The van der Waals surface area contributed by atoms with Gasteiger partial charge in [0.2, 0.25) is 23.6 Å². The van der Waals surface area contributed by atoms with E-state index in [0.29, 0.717) is 38.1 Å². The Labute approximate surface area is 223 Å². The molecule has 2 aliphatic rings. The lowest BCUT2D eigenvalue weighted by Crippen LogP contribution is -2.49. The van der Waals surface area contributed by atoms with Gasteiger partial charge >= 0.3 is 0 Å². The highest BCUT2D eigenvalue weighted by molar-refractivity contribution is 5.99. The van der Waals surface area contributed by atoms with Gasteiger partial charge in [-0.25, -0.2) is 0 Å². The number of carbonyl (C=O) groups is 5. The summed E-state index contributed by atoms with van der Waals surface area (Å²) in [7, 11) is 0. The summed E-state index contributed by atoms with van der Waals surface area (Å²) in [6.45, 7) is 5.88. The van der Waals surface area contributed by atoms with E-state index in [1.54, 1.807) is 29.2 Å². The normalized spacial score (nSPS) is 21.4. The number of benzene rings is 1. The van der Waals surface area contributed by atoms with E-state index in [2.05, 4.69) is 21.3 Å². The Balaban J connectivity index is 1.70. The van der Waals surface area contributed by atoms with Crippen LogP contribution in [0.3, 0.4) is 0 Å². The third-order valence-corrected chi connectivity index (χ3v) is 6.51. The van der Waals surface area contributed by atoms with E-state index in [-0.39, 0.29) is 55.2 Å². The summed E-state index contributed by atoms with van der Waals surface area (Å²) < 4.78 is 5.76. The van der Waals surface area contributed by atoms with Crippen molar-refractivity contribution in [2.24, 2.45) is 5.92 Å². The fraction of sp³-hybridized carbons (Fsp3) is 0.593. The number of ether oxygens (including phenoxy) is 1. The van der Waals surface area contributed by atoms with Crippen molar-refractivity contribution >= 4 is 29.5 Å². The molecule has 0 spiro atoms. The van der Waals surface area contributed by atoms with Crippen LogP contribution in [0.25, 0.3) is 0 Å². The van der Waals surface area contributed by atoms with Crippen LogP contribution in [0.15, 0.2) is 24.3 Å². The number of nitrogens with one attached hydrogen (secondary N) is 4. The Morgan fingerprint density at radius 3 is 2.66 bits per heavy atom. The van der Waals surface area contributed by atoms with Crippen molar-refractivity contribution in [3.63, 3.8) is 0 Å². The highest BCUT2D eigenvalue weighted by atomic mass is 16.5. The topological polar surface area (TPSA) is 146 Å².